The predicted octanol–water partition coefficient (Wildman–Crippen LogP) is 3.90. The smallest absolute Gasteiger partial charge is 0.277 e. The summed E-state index contributed by atoms with van der Waals surface area (Å²) >= 11 is 4.64. The van der Waals surface area contributed by atoms with E-state index in [2.05, 4.69) is 31.4 Å². The van der Waals surface area contributed by atoms with Gasteiger partial charge in [-0.25, -0.2) is 0 Å². The first-order chi connectivity index (χ1) is 10.4. The molecular formula is C15H18BrN3O2S. The topological polar surface area (TPSA) is 68.0 Å². The Bertz CT molecular complexity index is 658. The zero-order valence-corrected chi connectivity index (χ0v) is 15.1. The van der Waals surface area contributed by atoms with Crippen LogP contribution in [0.3, 0.4) is 0 Å². The first-order valence-corrected chi connectivity index (χ1v) is 8.71. The summed E-state index contributed by atoms with van der Waals surface area (Å²) in [6.07, 6.45) is 0.872. The summed E-state index contributed by atoms with van der Waals surface area (Å²) in [5.74, 6) is 0.654. The lowest BCUT2D eigenvalue weighted by atomic mass is 10.0. The second-order valence-corrected chi connectivity index (χ2v) is 7.30. The molecule has 0 aliphatic heterocycles. The van der Waals surface area contributed by atoms with Gasteiger partial charge in [-0.2, -0.15) is 0 Å². The molecule has 22 heavy (non-hydrogen) atoms. The molecule has 1 aromatic heterocycles. The second-order valence-electron chi connectivity index (χ2n) is 5.46. The fourth-order valence-corrected chi connectivity index (χ4v) is 2.60. The minimum absolute atomic E-state index is 0.0425. The normalized spacial score (nSPS) is 11.5. The number of amides is 1. The molecule has 118 valence electrons. The maximum Gasteiger partial charge on any atom is 0.277 e. The highest BCUT2D eigenvalue weighted by Gasteiger charge is 2.18. The Kier molecular flexibility index (Phi) is 5.63. The van der Waals surface area contributed by atoms with Crippen molar-refractivity contribution in [2.75, 3.05) is 5.75 Å². The van der Waals surface area contributed by atoms with Gasteiger partial charge in [0.25, 0.3) is 5.22 Å². The van der Waals surface area contributed by atoms with Crippen molar-refractivity contribution in [3.63, 3.8) is 0 Å². The van der Waals surface area contributed by atoms with Crippen LogP contribution >= 0.6 is 27.7 Å². The van der Waals surface area contributed by atoms with Gasteiger partial charge >= 0.3 is 0 Å². The number of benzene rings is 1. The number of nitrogens with zero attached hydrogens (tertiary/aromatic N) is 2. The Hall–Kier alpha value is -1.34. The Morgan fingerprint density at radius 3 is 2.86 bits per heavy atom. The van der Waals surface area contributed by atoms with Crippen LogP contribution in [0.1, 0.15) is 27.2 Å². The second kappa shape index (κ2) is 7.28. The van der Waals surface area contributed by atoms with Gasteiger partial charge in [0.2, 0.25) is 11.8 Å². The molecule has 1 N–H and O–H groups in total. The van der Waals surface area contributed by atoms with Gasteiger partial charge in [-0.15, -0.1) is 10.2 Å². The van der Waals surface area contributed by atoms with E-state index in [4.69, 9.17) is 4.42 Å². The van der Waals surface area contributed by atoms with Gasteiger partial charge in [0, 0.05) is 15.6 Å². The van der Waals surface area contributed by atoms with Crippen molar-refractivity contribution < 1.29 is 9.21 Å². The summed E-state index contributed by atoms with van der Waals surface area (Å²) in [6, 6.07) is 7.62. The highest BCUT2D eigenvalue weighted by atomic mass is 79.9. The molecule has 0 radical (unpaired) electrons. The average molecular weight is 384 g/mol. The van der Waals surface area contributed by atoms with Crippen molar-refractivity contribution in [3.8, 4) is 11.5 Å². The van der Waals surface area contributed by atoms with E-state index in [0.29, 0.717) is 11.1 Å². The lowest BCUT2D eigenvalue weighted by Gasteiger charge is -2.24. The standard InChI is InChI=1S/C15H18BrN3O2S/c1-4-15(2,3)17-12(20)9-22-14-19-18-13(21-14)10-6-5-7-11(16)8-10/h5-8H,4,9H2,1-3H3,(H,17,20). The predicted molar refractivity (Wildman–Crippen MR) is 90.7 cm³/mol. The first-order valence-electron chi connectivity index (χ1n) is 6.93. The SMILES string of the molecule is CCC(C)(C)NC(=O)CSc1nnc(-c2cccc(Br)c2)o1. The highest BCUT2D eigenvalue weighted by Crippen LogP contribution is 2.25. The molecule has 0 saturated carbocycles. The van der Waals surface area contributed by atoms with Crippen molar-refractivity contribution in [1.29, 1.82) is 0 Å². The van der Waals surface area contributed by atoms with Gasteiger partial charge in [-0.05, 0) is 38.5 Å². The van der Waals surface area contributed by atoms with Crippen LogP contribution in [0.4, 0.5) is 0 Å². The molecule has 0 spiro atoms. The van der Waals surface area contributed by atoms with Crippen LogP contribution in [0.2, 0.25) is 0 Å². The number of hydrogen-bond donors (Lipinski definition) is 1. The molecule has 0 aliphatic rings. The molecule has 1 amide bonds. The molecule has 0 unspecified atom stereocenters. The summed E-state index contributed by atoms with van der Waals surface area (Å²) in [7, 11) is 0. The third-order valence-corrected chi connectivity index (χ3v) is 4.48. The summed E-state index contributed by atoms with van der Waals surface area (Å²) in [5.41, 5.74) is 0.638. The minimum Gasteiger partial charge on any atom is -0.411 e. The number of rotatable bonds is 6. The van der Waals surface area contributed by atoms with Crippen molar-refractivity contribution in [2.24, 2.45) is 0 Å². The minimum atomic E-state index is -0.200. The van der Waals surface area contributed by atoms with Crippen LogP contribution in [0.25, 0.3) is 11.5 Å². The first kappa shape index (κ1) is 17.0. The summed E-state index contributed by atoms with van der Waals surface area (Å²) < 4.78 is 6.51. The van der Waals surface area contributed by atoms with Crippen molar-refractivity contribution in [1.82, 2.24) is 15.5 Å². The third-order valence-electron chi connectivity index (χ3n) is 3.17. The molecule has 0 fully saturated rings. The largest absolute Gasteiger partial charge is 0.411 e. The van der Waals surface area contributed by atoms with E-state index in [1.54, 1.807) is 0 Å². The number of thioether (sulfide) groups is 1. The number of carbonyl (C=O) groups excluding carboxylic acids is 1. The molecule has 1 heterocycles. The zero-order chi connectivity index (χ0) is 16.2. The van der Waals surface area contributed by atoms with E-state index < -0.39 is 0 Å². The lowest BCUT2D eigenvalue weighted by Crippen LogP contribution is -2.43. The van der Waals surface area contributed by atoms with Crippen LogP contribution in [-0.2, 0) is 4.79 Å². The maximum absolute atomic E-state index is 11.9. The van der Waals surface area contributed by atoms with E-state index in [0.717, 1.165) is 16.5 Å². The molecule has 2 rings (SSSR count). The van der Waals surface area contributed by atoms with Gasteiger partial charge < -0.3 is 9.73 Å². The van der Waals surface area contributed by atoms with E-state index >= 15 is 0 Å². The highest BCUT2D eigenvalue weighted by molar-refractivity contribution is 9.10. The fraction of sp³-hybridized carbons (Fsp3) is 0.400. The van der Waals surface area contributed by atoms with Crippen molar-refractivity contribution >= 4 is 33.6 Å². The van der Waals surface area contributed by atoms with Gasteiger partial charge in [0.05, 0.1) is 5.75 Å². The average Bonchev–Trinajstić information content (AvgIpc) is 2.94. The molecule has 0 atom stereocenters. The molecule has 5 nitrogen and oxygen atoms in total. The number of nitrogens with one attached hydrogen (secondary N) is 1. The van der Waals surface area contributed by atoms with Crippen LogP contribution in [0.15, 0.2) is 38.4 Å². The van der Waals surface area contributed by atoms with Crippen LogP contribution in [0.5, 0.6) is 0 Å². The Balaban J connectivity index is 1.94. The number of carbonyl (C=O) groups is 1. The third kappa shape index (κ3) is 4.84. The fourth-order valence-electron chi connectivity index (χ4n) is 1.64. The molecular weight excluding hydrogens is 366 g/mol. The summed E-state index contributed by atoms with van der Waals surface area (Å²) in [4.78, 5) is 11.9. The van der Waals surface area contributed by atoms with Gasteiger partial charge in [0.1, 0.15) is 0 Å². The lowest BCUT2D eigenvalue weighted by molar-refractivity contribution is -0.120. The van der Waals surface area contributed by atoms with E-state index in [1.807, 2.05) is 45.0 Å². The van der Waals surface area contributed by atoms with E-state index in [-0.39, 0.29) is 17.2 Å². The number of halogens is 1. The Morgan fingerprint density at radius 2 is 2.18 bits per heavy atom. The zero-order valence-electron chi connectivity index (χ0n) is 12.7. The monoisotopic (exact) mass is 383 g/mol. The molecule has 0 saturated heterocycles. The van der Waals surface area contributed by atoms with Gasteiger partial charge in [-0.1, -0.05) is 40.7 Å². The molecule has 7 heteroatoms. The maximum atomic E-state index is 11.9. The van der Waals surface area contributed by atoms with Gasteiger partial charge in [-0.3, -0.25) is 4.79 Å². The molecule has 0 bridgehead atoms. The van der Waals surface area contributed by atoms with Crippen molar-refractivity contribution in [2.45, 2.75) is 38.0 Å². The quantitative estimate of drug-likeness (QED) is 0.766. The Morgan fingerprint density at radius 1 is 1.41 bits per heavy atom. The molecule has 0 aliphatic carbocycles. The van der Waals surface area contributed by atoms with Crippen LogP contribution in [-0.4, -0.2) is 27.4 Å². The van der Waals surface area contributed by atoms with Gasteiger partial charge in [0.15, 0.2) is 0 Å². The summed E-state index contributed by atoms with van der Waals surface area (Å²) in [5, 5.41) is 11.3. The van der Waals surface area contributed by atoms with Crippen molar-refractivity contribution in [3.05, 3.63) is 28.7 Å². The molecule has 1 aromatic carbocycles. The number of aromatic nitrogens is 2. The van der Waals surface area contributed by atoms with Crippen LogP contribution in [0, 0.1) is 0 Å². The van der Waals surface area contributed by atoms with E-state index in [1.165, 1.54) is 11.8 Å². The van der Waals surface area contributed by atoms with Crippen LogP contribution < -0.4 is 5.32 Å². The summed E-state index contributed by atoms with van der Waals surface area (Å²) in [6.45, 7) is 6.02. The molecule has 2 aromatic rings. The van der Waals surface area contributed by atoms with E-state index in [9.17, 15) is 4.79 Å². The number of hydrogen-bond acceptors (Lipinski definition) is 5. The Labute approximate surface area is 142 Å².